The molecule has 0 radical (unpaired) electrons. The van der Waals surface area contributed by atoms with Gasteiger partial charge in [-0.2, -0.15) is 0 Å². The lowest BCUT2D eigenvalue weighted by Crippen LogP contribution is -1.98. The summed E-state index contributed by atoms with van der Waals surface area (Å²) in [5.41, 5.74) is 8.22. The molecule has 0 amide bonds. The Balaban J connectivity index is 0.000000741. The van der Waals surface area contributed by atoms with E-state index < -0.39 is 0 Å². The monoisotopic (exact) mass is 260 g/mol. The molecule has 1 heterocycles. The first-order chi connectivity index (χ1) is 9.25. The van der Waals surface area contributed by atoms with Crippen molar-refractivity contribution in [2.45, 2.75) is 34.6 Å². The van der Waals surface area contributed by atoms with Crippen LogP contribution in [-0.2, 0) is 0 Å². The maximum absolute atomic E-state index is 5.79. The van der Waals surface area contributed by atoms with Crippen LogP contribution in [0.15, 0.2) is 36.7 Å². The first-order valence-electron chi connectivity index (χ1n) is 6.66. The summed E-state index contributed by atoms with van der Waals surface area (Å²) in [5.74, 6) is 0.693. The zero-order chi connectivity index (χ0) is 14.7. The quantitative estimate of drug-likeness (QED) is 0.796. The van der Waals surface area contributed by atoms with Gasteiger partial charge in [0.15, 0.2) is 0 Å². The average Bonchev–Trinajstić information content (AvgIpc) is 2.48. The molecule has 3 N–H and O–H groups in total. The van der Waals surface area contributed by atoms with Crippen LogP contribution in [0.3, 0.4) is 0 Å². The van der Waals surface area contributed by atoms with E-state index in [0.29, 0.717) is 11.5 Å². The topological polar surface area (TPSA) is 63.8 Å². The summed E-state index contributed by atoms with van der Waals surface area (Å²) in [7, 11) is 0. The number of benzene rings is 1. The van der Waals surface area contributed by atoms with Gasteiger partial charge in [-0.1, -0.05) is 39.8 Å². The van der Waals surface area contributed by atoms with E-state index in [2.05, 4.69) is 15.3 Å². The standard InChI is InChI=1S/C11H12N4.2C2H6/c1-8-6-14-11(7-13-8)15-10-5-3-2-4-9(10)12;2*1-2/h2-7H,12H2,1H3,(H,14,15);2*1-2H3. The highest BCUT2D eigenvalue weighted by Gasteiger charge is 1.98. The lowest BCUT2D eigenvalue weighted by Gasteiger charge is -2.07. The van der Waals surface area contributed by atoms with Gasteiger partial charge in [0.1, 0.15) is 5.82 Å². The largest absolute Gasteiger partial charge is 0.397 e. The van der Waals surface area contributed by atoms with Gasteiger partial charge in [0.05, 0.1) is 29.5 Å². The fraction of sp³-hybridized carbons (Fsp3) is 0.333. The van der Waals surface area contributed by atoms with Gasteiger partial charge in [0.2, 0.25) is 0 Å². The Kier molecular flexibility index (Phi) is 8.79. The second-order valence-corrected chi connectivity index (χ2v) is 3.26. The number of aryl methyl sites for hydroxylation is 1. The van der Waals surface area contributed by atoms with Gasteiger partial charge in [-0.3, -0.25) is 4.98 Å². The third-order valence-corrected chi connectivity index (χ3v) is 2.00. The third-order valence-electron chi connectivity index (χ3n) is 2.00. The molecule has 19 heavy (non-hydrogen) atoms. The summed E-state index contributed by atoms with van der Waals surface area (Å²) in [4.78, 5) is 8.32. The molecular formula is C15H24N4. The fourth-order valence-electron chi connectivity index (χ4n) is 1.21. The molecule has 104 valence electrons. The van der Waals surface area contributed by atoms with Crippen LogP contribution < -0.4 is 11.1 Å². The molecule has 0 atom stereocenters. The van der Waals surface area contributed by atoms with Crippen LogP contribution in [0, 0.1) is 6.92 Å². The molecule has 0 aliphatic carbocycles. The smallest absolute Gasteiger partial charge is 0.148 e. The van der Waals surface area contributed by atoms with Crippen molar-refractivity contribution in [3.63, 3.8) is 0 Å². The van der Waals surface area contributed by atoms with Crippen LogP contribution >= 0.6 is 0 Å². The summed E-state index contributed by atoms with van der Waals surface area (Å²) >= 11 is 0. The molecule has 0 saturated heterocycles. The molecule has 0 spiro atoms. The van der Waals surface area contributed by atoms with Crippen molar-refractivity contribution >= 4 is 17.2 Å². The Hall–Kier alpha value is -2.10. The van der Waals surface area contributed by atoms with Gasteiger partial charge in [-0.15, -0.1) is 0 Å². The van der Waals surface area contributed by atoms with Crippen LogP contribution in [0.1, 0.15) is 33.4 Å². The van der Waals surface area contributed by atoms with Gasteiger partial charge < -0.3 is 11.1 Å². The predicted molar refractivity (Wildman–Crippen MR) is 83.6 cm³/mol. The van der Waals surface area contributed by atoms with Crippen molar-refractivity contribution < 1.29 is 0 Å². The fourth-order valence-corrected chi connectivity index (χ4v) is 1.21. The number of nitrogens with zero attached hydrogens (tertiary/aromatic N) is 2. The minimum absolute atomic E-state index is 0.693. The number of para-hydroxylation sites is 2. The Morgan fingerprint density at radius 3 is 2.11 bits per heavy atom. The van der Waals surface area contributed by atoms with Gasteiger partial charge in [0.25, 0.3) is 0 Å². The van der Waals surface area contributed by atoms with Crippen LogP contribution in [0.2, 0.25) is 0 Å². The Morgan fingerprint density at radius 2 is 1.58 bits per heavy atom. The number of aromatic nitrogens is 2. The number of nitrogen functional groups attached to an aromatic ring is 1. The number of hydrogen-bond donors (Lipinski definition) is 2. The second-order valence-electron chi connectivity index (χ2n) is 3.26. The molecule has 1 aromatic carbocycles. The lowest BCUT2D eigenvalue weighted by atomic mass is 10.3. The molecule has 0 bridgehead atoms. The highest BCUT2D eigenvalue weighted by molar-refractivity contribution is 5.70. The zero-order valence-corrected chi connectivity index (χ0v) is 12.4. The summed E-state index contributed by atoms with van der Waals surface area (Å²) in [5, 5.41) is 3.10. The Morgan fingerprint density at radius 1 is 0.947 bits per heavy atom. The van der Waals surface area contributed by atoms with Crippen LogP contribution in [0.25, 0.3) is 0 Å². The molecular weight excluding hydrogens is 236 g/mol. The van der Waals surface area contributed by atoms with E-state index in [0.717, 1.165) is 11.4 Å². The molecule has 0 fully saturated rings. The van der Waals surface area contributed by atoms with E-state index in [4.69, 9.17) is 5.73 Å². The molecule has 0 saturated carbocycles. The summed E-state index contributed by atoms with van der Waals surface area (Å²) < 4.78 is 0. The molecule has 1 aromatic heterocycles. The Bertz CT molecular complexity index is 452. The van der Waals surface area contributed by atoms with Crippen LogP contribution in [0.4, 0.5) is 17.2 Å². The van der Waals surface area contributed by atoms with Crippen LogP contribution in [0.5, 0.6) is 0 Å². The predicted octanol–water partition coefficient (Wildman–Crippen LogP) is 4.16. The second kappa shape index (κ2) is 9.88. The first kappa shape index (κ1) is 16.9. The molecule has 4 nitrogen and oxygen atoms in total. The average molecular weight is 260 g/mol. The number of nitrogens with two attached hydrogens (primary N) is 1. The van der Waals surface area contributed by atoms with E-state index in [1.54, 1.807) is 12.4 Å². The number of anilines is 3. The van der Waals surface area contributed by atoms with Gasteiger partial charge in [0, 0.05) is 0 Å². The summed E-state index contributed by atoms with van der Waals surface area (Å²) in [6.45, 7) is 9.90. The van der Waals surface area contributed by atoms with Crippen molar-refractivity contribution in [1.82, 2.24) is 9.97 Å². The normalized spacial score (nSPS) is 8.47. The molecule has 0 unspecified atom stereocenters. The molecule has 2 aromatic rings. The minimum atomic E-state index is 0.693. The highest BCUT2D eigenvalue weighted by Crippen LogP contribution is 2.20. The Labute approximate surface area is 116 Å². The zero-order valence-electron chi connectivity index (χ0n) is 12.4. The van der Waals surface area contributed by atoms with Crippen molar-refractivity contribution in [2.24, 2.45) is 0 Å². The third kappa shape index (κ3) is 5.86. The van der Waals surface area contributed by atoms with E-state index in [1.807, 2.05) is 58.9 Å². The van der Waals surface area contributed by atoms with Crippen molar-refractivity contribution in [1.29, 1.82) is 0 Å². The van der Waals surface area contributed by atoms with Gasteiger partial charge in [-0.05, 0) is 19.1 Å². The highest BCUT2D eigenvalue weighted by atomic mass is 15.0. The first-order valence-corrected chi connectivity index (χ1v) is 6.66. The van der Waals surface area contributed by atoms with Crippen molar-refractivity contribution in [3.05, 3.63) is 42.4 Å². The van der Waals surface area contributed by atoms with E-state index in [1.165, 1.54) is 0 Å². The van der Waals surface area contributed by atoms with Gasteiger partial charge >= 0.3 is 0 Å². The molecule has 0 aliphatic heterocycles. The minimum Gasteiger partial charge on any atom is -0.397 e. The lowest BCUT2D eigenvalue weighted by molar-refractivity contribution is 1.12. The number of hydrogen-bond acceptors (Lipinski definition) is 4. The molecule has 4 heteroatoms. The SMILES string of the molecule is CC.CC.Cc1cnc(Nc2ccccc2N)cn1. The van der Waals surface area contributed by atoms with E-state index >= 15 is 0 Å². The van der Waals surface area contributed by atoms with Crippen LogP contribution in [-0.4, -0.2) is 9.97 Å². The van der Waals surface area contributed by atoms with E-state index in [9.17, 15) is 0 Å². The van der Waals surface area contributed by atoms with Gasteiger partial charge in [-0.25, -0.2) is 4.98 Å². The summed E-state index contributed by atoms with van der Waals surface area (Å²) in [6.07, 6.45) is 3.39. The van der Waals surface area contributed by atoms with E-state index in [-0.39, 0.29) is 0 Å². The maximum atomic E-state index is 5.79. The molecule has 0 aliphatic rings. The van der Waals surface area contributed by atoms with Crippen molar-refractivity contribution in [2.75, 3.05) is 11.1 Å². The summed E-state index contributed by atoms with van der Waals surface area (Å²) in [6, 6.07) is 7.54. The number of nitrogens with one attached hydrogen (secondary N) is 1. The maximum Gasteiger partial charge on any atom is 0.148 e. The molecule has 2 rings (SSSR count). The number of rotatable bonds is 2. The van der Waals surface area contributed by atoms with Crippen molar-refractivity contribution in [3.8, 4) is 0 Å².